The second kappa shape index (κ2) is 5.06. The maximum Gasteiger partial charge on any atom is 0.109 e. The minimum absolute atomic E-state index is 0.301. The zero-order valence-electron chi connectivity index (χ0n) is 11.7. The zero-order chi connectivity index (χ0) is 13.4. The summed E-state index contributed by atoms with van der Waals surface area (Å²) in [6, 6.07) is 0.714. The first-order valence-electron chi connectivity index (χ1n) is 6.84. The SMILES string of the molecule is Cc1cnc(C(C)NC2CCCc3c2cnn3C)s1. The number of aryl methyl sites for hydroxylation is 2. The second-order valence-electron chi connectivity index (χ2n) is 5.31. The van der Waals surface area contributed by atoms with Gasteiger partial charge in [0.25, 0.3) is 0 Å². The third kappa shape index (κ3) is 2.44. The molecule has 0 amide bonds. The topological polar surface area (TPSA) is 42.7 Å². The summed E-state index contributed by atoms with van der Waals surface area (Å²) in [5.41, 5.74) is 2.75. The van der Waals surface area contributed by atoms with Gasteiger partial charge in [0.15, 0.2) is 0 Å². The van der Waals surface area contributed by atoms with Crippen molar-refractivity contribution in [2.45, 2.75) is 45.2 Å². The van der Waals surface area contributed by atoms with Gasteiger partial charge in [-0.05, 0) is 33.1 Å². The van der Waals surface area contributed by atoms with E-state index in [1.807, 2.05) is 24.1 Å². The summed E-state index contributed by atoms with van der Waals surface area (Å²) in [6.07, 6.45) is 7.54. The Bertz CT molecular complexity index is 572. The Balaban J connectivity index is 1.77. The van der Waals surface area contributed by atoms with Gasteiger partial charge in [0.05, 0.1) is 12.2 Å². The van der Waals surface area contributed by atoms with Crippen LogP contribution in [0.1, 0.15) is 53.0 Å². The predicted octanol–water partition coefficient (Wildman–Crippen LogP) is 2.91. The number of hydrogen-bond donors (Lipinski definition) is 1. The zero-order valence-corrected chi connectivity index (χ0v) is 12.5. The van der Waals surface area contributed by atoms with Crippen LogP contribution in [0, 0.1) is 6.92 Å². The average molecular weight is 276 g/mol. The summed E-state index contributed by atoms with van der Waals surface area (Å²) in [6.45, 7) is 4.30. The molecule has 4 nitrogen and oxygen atoms in total. The van der Waals surface area contributed by atoms with Crippen LogP contribution in [-0.4, -0.2) is 14.8 Å². The van der Waals surface area contributed by atoms with Crippen molar-refractivity contribution in [2.75, 3.05) is 0 Å². The van der Waals surface area contributed by atoms with E-state index in [2.05, 4.69) is 29.2 Å². The van der Waals surface area contributed by atoms with Crippen LogP contribution >= 0.6 is 11.3 Å². The maximum absolute atomic E-state index is 4.48. The number of nitrogens with one attached hydrogen (secondary N) is 1. The largest absolute Gasteiger partial charge is 0.301 e. The summed E-state index contributed by atoms with van der Waals surface area (Å²) >= 11 is 1.78. The maximum atomic E-state index is 4.48. The molecule has 0 saturated carbocycles. The molecule has 2 unspecified atom stereocenters. The van der Waals surface area contributed by atoms with Crippen molar-refractivity contribution >= 4 is 11.3 Å². The highest BCUT2D eigenvalue weighted by molar-refractivity contribution is 7.11. The predicted molar refractivity (Wildman–Crippen MR) is 77.3 cm³/mol. The van der Waals surface area contributed by atoms with E-state index in [-0.39, 0.29) is 0 Å². The minimum atomic E-state index is 0.301. The number of aromatic nitrogens is 3. The molecular formula is C14H20N4S. The quantitative estimate of drug-likeness (QED) is 0.937. The highest BCUT2D eigenvalue weighted by Crippen LogP contribution is 2.31. The van der Waals surface area contributed by atoms with Gasteiger partial charge in [-0.3, -0.25) is 4.68 Å². The smallest absolute Gasteiger partial charge is 0.109 e. The van der Waals surface area contributed by atoms with Crippen LogP contribution in [0.4, 0.5) is 0 Å². The van der Waals surface area contributed by atoms with Crippen molar-refractivity contribution in [1.29, 1.82) is 0 Å². The van der Waals surface area contributed by atoms with Gasteiger partial charge in [-0.25, -0.2) is 4.98 Å². The van der Waals surface area contributed by atoms with Gasteiger partial charge >= 0.3 is 0 Å². The average Bonchev–Trinajstić information content (AvgIpc) is 2.98. The molecule has 2 aromatic rings. The van der Waals surface area contributed by atoms with Gasteiger partial charge in [0.1, 0.15) is 5.01 Å². The van der Waals surface area contributed by atoms with Gasteiger partial charge in [-0.1, -0.05) is 0 Å². The molecule has 1 N–H and O–H groups in total. The fraction of sp³-hybridized carbons (Fsp3) is 0.571. The van der Waals surface area contributed by atoms with Crippen molar-refractivity contribution < 1.29 is 0 Å². The van der Waals surface area contributed by atoms with Gasteiger partial charge in [0.2, 0.25) is 0 Å². The van der Waals surface area contributed by atoms with Crippen molar-refractivity contribution in [3.63, 3.8) is 0 Å². The van der Waals surface area contributed by atoms with Crippen molar-refractivity contribution in [1.82, 2.24) is 20.1 Å². The summed E-state index contributed by atoms with van der Waals surface area (Å²) < 4.78 is 2.02. The number of hydrogen-bond acceptors (Lipinski definition) is 4. The van der Waals surface area contributed by atoms with E-state index in [1.165, 1.54) is 34.0 Å². The summed E-state index contributed by atoms with van der Waals surface area (Å²) in [4.78, 5) is 5.75. The van der Waals surface area contributed by atoms with E-state index in [0.29, 0.717) is 12.1 Å². The lowest BCUT2D eigenvalue weighted by molar-refractivity contribution is 0.410. The molecule has 0 fully saturated rings. The highest BCUT2D eigenvalue weighted by atomic mass is 32.1. The molecule has 0 radical (unpaired) electrons. The second-order valence-corrected chi connectivity index (χ2v) is 6.58. The molecule has 0 bridgehead atoms. The van der Waals surface area contributed by atoms with Crippen LogP contribution < -0.4 is 5.32 Å². The van der Waals surface area contributed by atoms with Crippen LogP contribution in [0.3, 0.4) is 0 Å². The number of rotatable bonds is 3. The third-order valence-corrected chi connectivity index (χ3v) is 4.93. The lowest BCUT2D eigenvalue weighted by Crippen LogP contribution is -2.27. The Hall–Kier alpha value is -1.20. The van der Waals surface area contributed by atoms with Crippen LogP contribution in [0.2, 0.25) is 0 Å². The van der Waals surface area contributed by atoms with E-state index in [4.69, 9.17) is 0 Å². The monoisotopic (exact) mass is 276 g/mol. The molecule has 0 saturated heterocycles. The first-order chi connectivity index (χ1) is 9.15. The molecule has 0 spiro atoms. The van der Waals surface area contributed by atoms with Crippen molar-refractivity contribution in [3.8, 4) is 0 Å². The highest BCUT2D eigenvalue weighted by Gasteiger charge is 2.25. The molecule has 5 heteroatoms. The van der Waals surface area contributed by atoms with Crippen molar-refractivity contribution in [2.24, 2.45) is 7.05 Å². The van der Waals surface area contributed by atoms with Gasteiger partial charge in [-0.15, -0.1) is 11.3 Å². The Morgan fingerprint density at radius 1 is 1.47 bits per heavy atom. The summed E-state index contributed by atoms with van der Waals surface area (Å²) in [7, 11) is 2.04. The lowest BCUT2D eigenvalue weighted by atomic mass is 9.92. The van der Waals surface area contributed by atoms with E-state index < -0.39 is 0 Å². The van der Waals surface area contributed by atoms with Gasteiger partial charge < -0.3 is 5.32 Å². The van der Waals surface area contributed by atoms with Crippen LogP contribution in [0.15, 0.2) is 12.4 Å². The molecule has 3 rings (SSSR count). The Kier molecular flexibility index (Phi) is 3.41. The molecule has 102 valence electrons. The fourth-order valence-electron chi connectivity index (χ4n) is 2.82. The van der Waals surface area contributed by atoms with Gasteiger partial charge in [-0.2, -0.15) is 5.10 Å². The minimum Gasteiger partial charge on any atom is -0.301 e. The van der Waals surface area contributed by atoms with E-state index >= 15 is 0 Å². The summed E-state index contributed by atoms with van der Waals surface area (Å²) in [5, 5.41) is 9.28. The molecule has 19 heavy (non-hydrogen) atoms. The van der Waals surface area contributed by atoms with Gasteiger partial charge in [0, 0.05) is 35.4 Å². The normalized spacial score (nSPS) is 20.3. The van der Waals surface area contributed by atoms with E-state index in [0.717, 1.165) is 6.42 Å². The Labute approximate surface area is 117 Å². The first kappa shape index (κ1) is 12.8. The Morgan fingerprint density at radius 2 is 2.32 bits per heavy atom. The summed E-state index contributed by atoms with van der Waals surface area (Å²) in [5.74, 6) is 0. The molecule has 2 heterocycles. The standard InChI is InChI=1S/C14H20N4S/c1-9-7-15-14(19-9)10(2)17-12-5-4-6-13-11(12)8-16-18(13)3/h7-8,10,12,17H,4-6H2,1-3H3. The molecule has 0 aliphatic heterocycles. The number of thiazole rings is 1. The molecule has 1 aliphatic carbocycles. The van der Waals surface area contributed by atoms with E-state index in [1.54, 1.807) is 11.3 Å². The molecule has 2 atom stereocenters. The number of nitrogens with zero attached hydrogens (tertiary/aromatic N) is 3. The Morgan fingerprint density at radius 3 is 3.05 bits per heavy atom. The number of fused-ring (bicyclic) bond motifs is 1. The van der Waals surface area contributed by atoms with Crippen LogP contribution in [0.25, 0.3) is 0 Å². The third-order valence-electron chi connectivity index (χ3n) is 3.84. The van der Waals surface area contributed by atoms with E-state index in [9.17, 15) is 0 Å². The van der Waals surface area contributed by atoms with Crippen LogP contribution in [-0.2, 0) is 13.5 Å². The lowest BCUT2D eigenvalue weighted by Gasteiger charge is -2.26. The fourth-order valence-corrected chi connectivity index (χ4v) is 3.61. The first-order valence-corrected chi connectivity index (χ1v) is 7.66. The molecule has 1 aliphatic rings. The molecular weight excluding hydrogens is 256 g/mol. The van der Waals surface area contributed by atoms with Crippen molar-refractivity contribution in [3.05, 3.63) is 33.5 Å². The molecule has 2 aromatic heterocycles. The molecule has 0 aromatic carbocycles. The van der Waals surface area contributed by atoms with Crippen LogP contribution in [0.5, 0.6) is 0 Å².